The first-order valence-electron chi connectivity index (χ1n) is 9.69. The Labute approximate surface area is 166 Å². The zero-order chi connectivity index (χ0) is 20.2. The van der Waals surface area contributed by atoms with Crippen LogP contribution >= 0.6 is 0 Å². The minimum atomic E-state index is -2.64. The summed E-state index contributed by atoms with van der Waals surface area (Å²) in [7, 11) is 1.87. The molecule has 3 aromatic rings. The zero-order valence-corrected chi connectivity index (χ0v) is 15.9. The van der Waals surface area contributed by atoms with Crippen molar-refractivity contribution in [1.29, 1.82) is 0 Å². The van der Waals surface area contributed by atoms with Crippen molar-refractivity contribution in [2.24, 2.45) is 0 Å². The van der Waals surface area contributed by atoms with Crippen molar-refractivity contribution >= 4 is 16.7 Å². The molecule has 8 heteroatoms. The molecular formula is C21H21F2N5O. The summed E-state index contributed by atoms with van der Waals surface area (Å²) in [5, 5.41) is 22.9. The summed E-state index contributed by atoms with van der Waals surface area (Å²) in [6, 6.07) is 9.85. The van der Waals surface area contributed by atoms with Crippen LogP contribution in [0.5, 0.6) is 5.75 Å². The standard InChI is InChI=1S/C21H21F2N5O/c1-28(14-8-13-11-21(22,23)19(9-14)25-13)20-5-4-16(26-27-20)15-7-12-3-2-6-24-17(12)10-18(15)29/h2-7,10,13-14,19,25,29H,8-9,11H2,1H3/t13-,14+,19+/m0/s1. The maximum atomic E-state index is 14.0. The highest BCUT2D eigenvalue weighted by Crippen LogP contribution is 2.40. The summed E-state index contributed by atoms with van der Waals surface area (Å²) in [5.41, 5.74) is 1.82. The molecule has 0 saturated carbocycles. The Morgan fingerprint density at radius 1 is 1.17 bits per heavy atom. The van der Waals surface area contributed by atoms with Gasteiger partial charge in [-0.3, -0.25) is 4.98 Å². The van der Waals surface area contributed by atoms with Crippen molar-refractivity contribution in [1.82, 2.24) is 20.5 Å². The van der Waals surface area contributed by atoms with Gasteiger partial charge in [0.1, 0.15) is 5.75 Å². The summed E-state index contributed by atoms with van der Waals surface area (Å²) in [4.78, 5) is 6.17. The number of fused-ring (bicyclic) bond motifs is 3. The molecule has 2 saturated heterocycles. The van der Waals surface area contributed by atoms with Crippen molar-refractivity contribution in [3.8, 4) is 17.0 Å². The normalized spacial score (nSPS) is 25.3. The molecule has 1 aromatic carbocycles. The lowest BCUT2D eigenvalue weighted by Crippen LogP contribution is -2.49. The number of aromatic nitrogens is 3. The molecule has 5 rings (SSSR count). The third-order valence-corrected chi connectivity index (χ3v) is 6.09. The number of phenolic OH excluding ortho intramolecular Hbond substituents is 1. The molecule has 2 fully saturated rings. The Bertz CT molecular complexity index is 1060. The maximum Gasteiger partial charge on any atom is 0.264 e. The number of pyridine rings is 1. The number of piperidine rings is 1. The number of anilines is 1. The van der Waals surface area contributed by atoms with Crippen LogP contribution in [-0.4, -0.2) is 51.4 Å². The highest BCUT2D eigenvalue weighted by molar-refractivity contribution is 5.87. The Balaban J connectivity index is 1.39. The number of nitrogens with one attached hydrogen (secondary N) is 1. The van der Waals surface area contributed by atoms with E-state index in [2.05, 4.69) is 20.5 Å². The molecule has 2 bridgehead atoms. The van der Waals surface area contributed by atoms with Gasteiger partial charge in [0.05, 0.1) is 17.3 Å². The number of benzene rings is 1. The molecule has 2 aromatic heterocycles. The largest absolute Gasteiger partial charge is 0.507 e. The van der Waals surface area contributed by atoms with Gasteiger partial charge >= 0.3 is 0 Å². The predicted octanol–water partition coefficient (Wildman–Crippen LogP) is 3.36. The summed E-state index contributed by atoms with van der Waals surface area (Å²) < 4.78 is 28.0. The van der Waals surface area contributed by atoms with E-state index in [9.17, 15) is 13.9 Å². The van der Waals surface area contributed by atoms with Gasteiger partial charge < -0.3 is 15.3 Å². The number of alkyl halides is 2. The van der Waals surface area contributed by atoms with E-state index in [1.165, 1.54) is 0 Å². The highest BCUT2D eigenvalue weighted by atomic mass is 19.3. The number of rotatable bonds is 3. The number of hydrogen-bond donors (Lipinski definition) is 2. The molecular weight excluding hydrogens is 376 g/mol. The van der Waals surface area contributed by atoms with E-state index in [1.807, 2.05) is 36.2 Å². The van der Waals surface area contributed by atoms with Crippen LogP contribution in [0.4, 0.5) is 14.6 Å². The second-order valence-electron chi connectivity index (χ2n) is 7.96. The zero-order valence-electron chi connectivity index (χ0n) is 15.9. The van der Waals surface area contributed by atoms with Gasteiger partial charge in [-0.1, -0.05) is 6.07 Å². The van der Waals surface area contributed by atoms with Gasteiger partial charge in [-0.2, -0.15) is 0 Å². The predicted molar refractivity (Wildman–Crippen MR) is 106 cm³/mol. The van der Waals surface area contributed by atoms with E-state index in [1.54, 1.807) is 18.3 Å². The van der Waals surface area contributed by atoms with Gasteiger partial charge in [0.25, 0.3) is 5.92 Å². The van der Waals surface area contributed by atoms with Crippen LogP contribution in [0.2, 0.25) is 0 Å². The van der Waals surface area contributed by atoms with Crippen LogP contribution in [0.1, 0.15) is 19.3 Å². The topological polar surface area (TPSA) is 74.2 Å². The first kappa shape index (κ1) is 18.2. The van der Waals surface area contributed by atoms with Gasteiger partial charge in [-0.15, -0.1) is 10.2 Å². The molecule has 2 N–H and O–H groups in total. The van der Waals surface area contributed by atoms with Crippen LogP contribution in [0.15, 0.2) is 42.6 Å². The van der Waals surface area contributed by atoms with Gasteiger partial charge in [0.2, 0.25) is 0 Å². The first-order valence-corrected chi connectivity index (χ1v) is 9.69. The molecule has 0 radical (unpaired) electrons. The fourth-order valence-electron chi connectivity index (χ4n) is 4.50. The molecule has 0 aliphatic carbocycles. The van der Waals surface area contributed by atoms with Crippen LogP contribution < -0.4 is 10.2 Å². The van der Waals surface area contributed by atoms with Crippen molar-refractivity contribution in [2.75, 3.05) is 11.9 Å². The average Bonchev–Trinajstić information content (AvgIpc) is 2.93. The van der Waals surface area contributed by atoms with E-state index in [-0.39, 0.29) is 24.3 Å². The Morgan fingerprint density at radius 3 is 2.79 bits per heavy atom. The maximum absolute atomic E-state index is 14.0. The summed E-state index contributed by atoms with van der Waals surface area (Å²) in [6.07, 6.45) is 2.61. The van der Waals surface area contributed by atoms with Crippen LogP contribution in [0.25, 0.3) is 22.2 Å². The third-order valence-electron chi connectivity index (χ3n) is 6.09. The lowest BCUT2D eigenvalue weighted by molar-refractivity contribution is -0.0128. The Morgan fingerprint density at radius 2 is 2.03 bits per heavy atom. The first-order chi connectivity index (χ1) is 13.9. The fraction of sp³-hybridized carbons (Fsp3) is 0.381. The van der Waals surface area contributed by atoms with E-state index in [0.717, 1.165) is 5.39 Å². The van der Waals surface area contributed by atoms with Gasteiger partial charge in [0, 0.05) is 48.8 Å². The molecule has 150 valence electrons. The van der Waals surface area contributed by atoms with Crippen molar-refractivity contribution in [2.45, 2.75) is 43.3 Å². The summed E-state index contributed by atoms with van der Waals surface area (Å²) in [5.74, 6) is -1.92. The van der Waals surface area contributed by atoms with Crippen LogP contribution in [0, 0.1) is 0 Å². The van der Waals surface area contributed by atoms with E-state index >= 15 is 0 Å². The molecule has 3 atom stereocenters. The summed E-state index contributed by atoms with van der Waals surface area (Å²) >= 11 is 0. The van der Waals surface area contributed by atoms with Gasteiger partial charge in [-0.05, 0) is 37.1 Å². The minimum absolute atomic E-state index is 0.0140. The van der Waals surface area contributed by atoms with E-state index < -0.39 is 12.0 Å². The van der Waals surface area contributed by atoms with Crippen molar-refractivity contribution < 1.29 is 13.9 Å². The lowest BCUT2D eigenvalue weighted by Gasteiger charge is -2.36. The van der Waals surface area contributed by atoms with Crippen molar-refractivity contribution in [3.63, 3.8) is 0 Å². The molecule has 2 aliphatic heterocycles. The number of hydrogen-bond acceptors (Lipinski definition) is 6. The molecule has 0 unspecified atom stereocenters. The number of phenols is 1. The minimum Gasteiger partial charge on any atom is -0.507 e. The molecule has 2 aliphatic rings. The van der Waals surface area contributed by atoms with Crippen molar-refractivity contribution in [3.05, 3.63) is 42.6 Å². The van der Waals surface area contributed by atoms with E-state index in [0.29, 0.717) is 35.4 Å². The number of aromatic hydroxyl groups is 1. The van der Waals surface area contributed by atoms with Crippen LogP contribution in [0.3, 0.4) is 0 Å². The Hall–Kier alpha value is -2.87. The second kappa shape index (κ2) is 6.59. The quantitative estimate of drug-likeness (QED) is 0.706. The Kier molecular flexibility index (Phi) is 4.13. The second-order valence-corrected chi connectivity index (χ2v) is 7.96. The highest BCUT2D eigenvalue weighted by Gasteiger charge is 2.53. The summed E-state index contributed by atoms with van der Waals surface area (Å²) in [6.45, 7) is 0. The molecule has 0 amide bonds. The van der Waals surface area contributed by atoms with E-state index in [4.69, 9.17) is 0 Å². The average molecular weight is 397 g/mol. The molecule has 6 nitrogen and oxygen atoms in total. The fourth-order valence-corrected chi connectivity index (χ4v) is 4.50. The van der Waals surface area contributed by atoms with Gasteiger partial charge in [0.15, 0.2) is 5.82 Å². The number of halogens is 2. The molecule has 4 heterocycles. The number of nitrogens with zero attached hydrogens (tertiary/aromatic N) is 4. The monoisotopic (exact) mass is 397 g/mol. The lowest BCUT2D eigenvalue weighted by atomic mass is 9.98. The van der Waals surface area contributed by atoms with Crippen LogP contribution in [-0.2, 0) is 0 Å². The van der Waals surface area contributed by atoms with Gasteiger partial charge in [-0.25, -0.2) is 8.78 Å². The third kappa shape index (κ3) is 3.17. The molecule has 29 heavy (non-hydrogen) atoms. The molecule has 0 spiro atoms. The SMILES string of the molecule is CN(c1ccc(-c2cc3cccnc3cc2O)nn1)[C@@H]1C[C@H]2CC(F)(F)[C@@H](C1)N2. The smallest absolute Gasteiger partial charge is 0.264 e.